The highest BCUT2D eigenvalue weighted by Crippen LogP contribution is 2.30. The van der Waals surface area contributed by atoms with Crippen molar-refractivity contribution in [2.45, 2.75) is 23.8 Å². The van der Waals surface area contributed by atoms with Gasteiger partial charge in [-0.05, 0) is 54.8 Å². The van der Waals surface area contributed by atoms with E-state index in [4.69, 9.17) is 16.7 Å². The number of likely N-dealkylation sites (tertiary alicyclic amines) is 1. The van der Waals surface area contributed by atoms with Gasteiger partial charge in [-0.1, -0.05) is 35.9 Å². The van der Waals surface area contributed by atoms with E-state index < -0.39 is 39.6 Å². The number of nitrogens with zero attached hydrogens (tertiary/aromatic N) is 1. The Morgan fingerprint density at radius 3 is 2.44 bits per heavy atom. The number of benzene rings is 3. The summed E-state index contributed by atoms with van der Waals surface area (Å²) in [6.45, 7) is 0.296. The van der Waals surface area contributed by atoms with E-state index in [-0.39, 0.29) is 32.4 Å². The maximum atomic E-state index is 14.9. The van der Waals surface area contributed by atoms with Crippen molar-refractivity contribution in [3.8, 4) is 11.1 Å². The molecule has 4 rings (SSSR count). The minimum absolute atomic E-state index is 0.130. The summed E-state index contributed by atoms with van der Waals surface area (Å²) in [6.07, 6.45) is 0.923. The van der Waals surface area contributed by atoms with Crippen LogP contribution in [0.15, 0.2) is 65.6 Å². The van der Waals surface area contributed by atoms with Crippen LogP contribution >= 0.6 is 11.6 Å². The molecule has 1 heterocycles. The van der Waals surface area contributed by atoms with Gasteiger partial charge >= 0.3 is 6.03 Å². The lowest BCUT2D eigenvalue weighted by Gasteiger charge is -2.24. The molecule has 1 atom stereocenters. The van der Waals surface area contributed by atoms with Crippen molar-refractivity contribution >= 4 is 44.9 Å². The molecule has 3 aromatic carbocycles. The van der Waals surface area contributed by atoms with Gasteiger partial charge in [-0.3, -0.25) is 4.79 Å². The van der Waals surface area contributed by atoms with Crippen LogP contribution in [0.2, 0.25) is 5.02 Å². The second kappa shape index (κ2) is 10.2. The number of nitrogens with two attached hydrogens (primary N) is 1. The number of anilines is 2. The molecule has 1 fully saturated rings. The average Bonchev–Trinajstić information content (AvgIpc) is 3.33. The maximum absolute atomic E-state index is 14.9. The molecule has 36 heavy (non-hydrogen) atoms. The SMILES string of the molecule is NS(=O)(=O)c1ccccc1-c1ccc(NC(=O)C2CCCN2C(=O)Nc2ccc(F)c(Cl)c2)c(F)c1. The van der Waals surface area contributed by atoms with Crippen LogP contribution in [0.5, 0.6) is 0 Å². The molecule has 0 saturated carbocycles. The number of hydrogen-bond acceptors (Lipinski definition) is 4. The molecule has 1 unspecified atom stereocenters. The maximum Gasteiger partial charge on any atom is 0.322 e. The predicted molar refractivity (Wildman–Crippen MR) is 132 cm³/mol. The van der Waals surface area contributed by atoms with Crippen LogP contribution in [0.4, 0.5) is 25.0 Å². The fourth-order valence-electron chi connectivity index (χ4n) is 4.00. The summed E-state index contributed by atoms with van der Waals surface area (Å²) in [5.41, 5.74) is 0.611. The molecule has 0 bridgehead atoms. The zero-order valence-electron chi connectivity index (χ0n) is 18.7. The number of rotatable bonds is 5. The second-order valence-electron chi connectivity index (χ2n) is 8.14. The van der Waals surface area contributed by atoms with Crippen molar-refractivity contribution in [2.24, 2.45) is 5.14 Å². The number of primary sulfonamides is 1. The summed E-state index contributed by atoms with van der Waals surface area (Å²) < 4.78 is 52.0. The van der Waals surface area contributed by atoms with Gasteiger partial charge in [0, 0.05) is 17.8 Å². The lowest BCUT2D eigenvalue weighted by molar-refractivity contribution is -0.119. The van der Waals surface area contributed by atoms with Crippen LogP contribution in [0.1, 0.15) is 12.8 Å². The Kier molecular flexibility index (Phi) is 7.25. The molecular formula is C24H21ClF2N4O4S. The normalized spacial score (nSPS) is 15.6. The molecular weight excluding hydrogens is 514 g/mol. The van der Waals surface area contributed by atoms with Crippen LogP contribution in [-0.2, 0) is 14.8 Å². The summed E-state index contributed by atoms with van der Waals surface area (Å²) in [6, 6.07) is 12.0. The van der Waals surface area contributed by atoms with Crippen LogP contribution in [-0.4, -0.2) is 37.8 Å². The van der Waals surface area contributed by atoms with E-state index in [0.29, 0.717) is 19.4 Å². The summed E-state index contributed by atoms with van der Waals surface area (Å²) in [5.74, 6) is -2.01. The Morgan fingerprint density at radius 2 is 1.75 bits per heavy atom. The molecule has 4 N–H and O–H groups in total. The van der Waals surface area contributed by atoms with Crippen molar-refractivity contribution in [1.29, 1.82) is 0 Å². The fourth-order valence-corrected chi connectivity index (χ4v) is 4.95. The van der Waals surface area contributed by atoms with Gasteiger partial charge in [-0.25, -0.2) is 27.1 Å². The molecule has 8 nitrogen and oxygen atoms in total. The van der Waals surface area contributed by atoms with E-state index in [1.165, 1.54) is 47.4 Å². The number of amides is 3. The van der Waals surface area contributed by atoms with E-state index in [2.05, 4.69) is 10.6 Å². The van der Waals surface area contributed by atoms with Gasteiger partial charge in [0.15, 0.2) is 0 Å². The lowest BCUT2D eigenvalue weighted by atomic mass is 10.0. The molecule has 1 aliphatic heterocycles. The first kappa shape index (κ1) is 25.5. The van der Waals surface area contributed by atoms with E-state index >= 15 is 0 Å². The monoisotopic (exact) mass is 534 g/mol. The van der Waals surface area contributed by atoms with E-state index in [1.54, 1.807) is 6.07 Å². The number of urea groups is 1. The number of carbonyl (C=O) groups is 2. The summed E-state index contributed by atoms with van der Waals surface area (Å²) in [5, 5.41) is 10.2. The third-order valence-corrected chi connectivity index (χ3v) is 6.98. The summed E-state index contributed by atoms with van der Waals surface area (Å²) >= 11 is 5.75. The lowest BCUT2D eigenvalue weighted by Crippen LogP contribution is -2.45. The van der Waals surface area contributed by atoms with Gasteiger partial charge in [-0.15, -0.1) is 0 Å². The molecule has 3 aromatic rings. The molecule has 0 aromatic heterocycles. The minimum Gasteiger partial charge on any atom is -0.322 e. The van der Waals surface area contributed by atoms with Crippen molar-refractivity contribution in [2.75, 3.05) is 17.2 Å². The number of hydrogen-bond donors (Lipinski definition) is 3. The quantitative estimate of drug-likeness (QED) is 0.444. The van der Waals surface area contributed by atoms with E-state index in [1.807, 2.05) is 0 Å². The molecule has 188 valence electrons. The first-order valence-electron chi connectivity index (χ1n) is 10.8. The van der Waals surface area contributed by atoms with Gasteiger partial charge in [0.1, 0.15) is 17.7 Å². The molecule has 0 radical (unpaired) electrons. The largest absolute Gasteiger partial charge is 0.322 e. The summed E-state index contributed by atoms with van der Waals surface area (Å²) in [7, 11) is -4.04. The standard InChI is InChI=1S/C24H21ClF2N4O4S/c25-17-13-15(8-9-18(17)26)29-24(33)31-11-3-5-21(31)23(32)30-20-10-7-14(12-19(20)27)16-4-1-2-6-22(16)36(28,34)35/h1-2,4,6-10,12-13,21H,3,5,11H2,(H,29,33)(H,30,32)(H2,28,34,35). The Labute approximate surface area is 211 Å². The minimum atomic E-state index is -4.04. The van der Waals surface area contributed by atoms with Gasteiger partial charge in [0.05, 0.1) is 15.6 Å². The first-order chi connectivity index (χ1) is 17.0. The Bertz CT molecular complexity index is 1450. The molecule has 0 spiro atoms. The van der Waals surface area contributed by atoms with Gasteiger partial charge in [0.2, 0.25) is 15.9 Å². The molecule has 1 saturated heterocycles. The smallest absolute Gasteiger partial charge is 0.322 e. The average molecular weight is 535 g/mol. The number of nitrogens with one attached hydrogen (secondary N) is 2. The van der Waals surface area contributed by atoms with Crippen LogP contribution in [0.3, 0.4) is 0 Å². The fraction of sp³-hybridized carbons (Fsp3) is 0.167. The second-order valence-corrected chi connectivity index (χ2v) is 10.1. The predicted octanol–water partition coefficient (Wildman–Crippen LogP) is 4.57. The third kappa shape index (κ3) is 5.48. The van der Waals surface area contributed by atoms with E-state index in [9.17, 15) is 26.8 Å². The Balaban J connectivity index is 1.49. The first-order valence-corrected chi connectivity index (χ1v) is 12.7. The number of sulfonamides is 1. The highest BCUT2D eigenvalue weighted by molar-refractivity contribution is 7.89. The van der Waals surface area contributed by atoms with Crippen LogP contribution in [0.25, 0.3) is 11.1 Å². The van der Waals surface area contributed by atoms with Gasteiger partial charge in [-0.2, -0.15) is 0 Å². The van der Waals surface area contributed by atoms with Crippen molar-refractivity contribution in [1.82, 2.24) is 4.90 Å². The van der Waals surface area contributed by atoms with Crippen LogP contribution < -0.4 is 15.8 Å². The molecule has 0 aliphatic carbocycles. The molecule has 12 heteroatoms. The Morgan fingerprint density at radius 1 is 1.00 bits per heavy atom. The topological polar surface area (TPSA) is 122 Å². The number of halogens is 3. The third-order valence-electron chi connectivity index (χ3n) is 5.72. The van der Waals surface area contributed by atoms with E-state index in [0.717, 1.165) is 12.1 Å². The summed E-state index contributed by atoms with van der Waals surface area (Å²) in [4.78, 5) is 26.8. The van der Waals surface area contributed by atoms with Gasteiger partial charge in [0.25, 0.3) is 0 Å². The van der Waals surface area contributed by atoms with Crippen LogP contribution in [0, 0.1) is 11.6 Å². The number of carbonyl (C=O) groups excluding carboxylic acids is 2. The van der Waals surface area contributed by atoms with Gasteiger partial charge < -0.3 is 15.5 Å². The van der Waals surface area contributed by atoms with Crippen molar-refractivity contribution in [3.05, 3.63) is 77.3 Å². The molecule has 1 aliphatic rings. The molecule has 3 amide bonds. The highest BCUT2D eigenvalue weighted by Gasteiger charge is 2.34. The van der Waals surface area contributed by atoms with Crippen molar-refractivity contribution < 1.29 is 26.8 Å². The zero-order chi connectivity index (χ0) is 26.0. The zero-order valence-corrected chi connectivity index (χ0v) is 20.2. The van der Waals surface area contributed by atoms with Crippen molar-refractivity contribution in [3.63, 3.8) is 0 Å². The highest BCUT2D eigenvalue weighted by atomic mass is 35.5. The Hall–Kier alpha value is -3.54.